The van der Waals surface area contributed by atoms with Crippen LogP contribution >= 0.6 is 11.6 Å². The number of carboxylic acid groups (broad SMARTS) is 1. The molecule has 86 valence electrons. The van der Waals surface area contributed by atoms with E-state index < -0.39 is 5.97 Å². The number of rotatable bonds is 3. The van der Waals surface area contributed by atoms with Crippen LogP contribution in [-0.2, 0) is 4.74 Å². The molecule has 0 atom stereocenters. The third kappa shape index (κ3) is 2.10. The van der Waals surface area contributed by atoms with Crippen LogP contribution in [0.2, 0.25) is 5.15 Å². The minimum absolute atomic E-state index is 0.149. The fourth-order valence-corrected chi connectivity index (χ4v) is 1.75. The van der Waals surface area contributed by atoms with Gasteiger partial charge in [-0.05, 0) is 12.1 Å². The van der Waals surface area contributed by atoms with Gasteiger partial charge in [0.15, 0.2) is 0 Å². The topological polar surface area (TPSA) is 62.7 Å². The van der Waals surface area contributed by atoms with E-state index in [1.807, 2.05) is 4.90 Å². The molecule has 16 heavy (non-hydrogen) atoms. The Morgan fingerprint density at radius 3 is 2.88 bits per heavy atom. The number of carbonyl (C=O) groups is 1. The third-order valence-electron chi connectivity index (χ3n) is 2.53. The number of hydrogen-bond donors (Lipinski definition) is 1. The van der Waals surface area contributed by atoms with E-state index in [1.54, 1.807) is 7.11 Å². The monoisotopic (exact) mass is 242 g/mol. The summed E-state index contributed by atoms with van der Waals surface area (Å²) in [5, 5.41) is 9.07. The molecule has 0 radical (unpaired) electrons. The normalized spacial score (nSPS) is 16.0. The zero-order valence-electron chi connectivity index (χ0n) is 8.68. The van der Waals surface area contributed by atoms with Crippen molar-refractivity contribution in [2.24, 2.45) is 0 Å². The Hall–Kier alpha value is -1.33. The molecule has 0 aromatic carbocycles. The van der Waals surface area contributed by atoms with Crippen molar-refractivity contribution in [1.29, 1.82) is 0 Å². The summed E-state index contributed by atoms with van der Waals surface area (Å²) in [4.78, 5) is 16.8. The maximum atomic E-state index is 10.8. The van der Waals surface area contributed by atoms with E-state index in [2.05, 4.69) is 4.98 Å². The van der Waals surface area contributed by atoms with Gasteiger partial charge in [-0.3, -0.25) is 0 Å². The van der Waals surface area contributed by atoms with E-state index in [9.17, 15) is 4.79 Å². The van der Waals surface area contributed by atoms with Gasteiger partial charge in [0.1, 0.15) is 11.0 Å². The molecule has 0 spiro atoms. The lowest BCUT2D eigenvalue weighted by Gasteiger charge is -2.39. The molecule has 0 saturated carbocycles. The first-order valence-corrected chi connectivity index (χ1v) is 5.16. The number of aromatic carboxylic acids is 1. The molecule has 1 aromatic heterocycles. The summed E-state index contributed by atoms with van der Waals surface area (Å²) in [5.74, 6) is -0.424. The average molecular weight is 243 g/mol. The molecule has 1 aliphatic rings. The Labute approximate surface area is 97.6 Å². The third-order valence-corrected chi connectivity index (χ3v) is 2.73. The average Bonchev–Trinajstić information content (AvgIpc) is 2.15. The standard InChI is InChI=1S/C10H11ClN2O3/c1-16-7-4-13(5-7)9-3-6(10(14)15)2-8(11)12-9/h2-3,7H,4-5H2,1H3,(H,14,15). The molecule has 0 aliphatic carbocycles. The zero-order chi connectivity index (χ0) is 11.7. The molecular weight excluding hydrogens is 232 g/mol. The Balaban J connectivity index is 2.19. The minimum atomic E-state index is -1.01. The van der Waals surface area contributed by atoms with E-state index in [0.29, 0.717) is 18.9 Å². The smallest absolute Gasteiger partial charge is 0.335 e. The number of halogens is 1. The second-order valence-corrected chi connectivity index (χ2v) is 3.99. The predicted molar refractivity (Wildman–Crippen MR) is 59.2 cm³/mol. The highest BCUT2D eigenvalue weighted by atomic mass is 35.5. The summed E-state index contributed by atoms with van der Waals surface area (Å²) in [6, 6.07) is 2.85. The number of aromatic nitrogens is 1. The van der Waals surface area contributed by atoms with Gasteiger partial charge in [0, 0.05) is 20.2 Å². The summed E-state index contributed by atoms with van der Waals surface area (Å²) in [5.41, 5.74) is 0.149. The van der Waals surface area contributed by atoms with Crippen LogP contribution in [0.25, 0.3) is 0 Å². The van der Waals surface area contributed by atoms with Gasteiger partial charge in [-0.1, -0.05) is 11.6 Å². The number of nitrogens with zero attached hydrogens (tertiary/aromatic N) is 2. The van der Waals surface area contributed by atoms with Gasteiger partial charge in [0.05, 0.1) is 11.7 Å². The van der Waals surface area contributed by atoms with E-state index in [4.69, 9.17) is 21.4 Å². The number of hydrogen-bond acceptors (Lipinski definition) is 4. The molecule has 6 heteroatoms. The molecule has 0 bridgehead atoms. The number of pyridine rings is 1. The maximum Gasteiger partial charge on any atom is 0.335 e. The highest BCUT2D eigenvalue weighted by molar-refractivity contribution is 6.29. The SMILES string of the molecule is COC1CN(c2cc(C(=O)O)cc(Cl)n2)C1. The Morgan fingerprint density at radius 2 is 2.31 bits per heavy atom. The van der Waals surface area contributed by atoms with Crippen LogP contribution in [0.1, 0.15) is 10.4 Å². The van der Waals surface area contributed by atoms with Crippen molar-refractivity contribution in [3.8, 4) is 0 Å². The molecule has 1 saturated heterocycles. The van der Waals surface area contributed by atoms with E-state index in [0.717, 1.165) is 0 Å². The molecule has 0 unspecified atom stereocenters. The Kier molecular flexibility index (Phi) is 2.98. The van der Waals surface area contributed by atoms with Crippen molar-refractivity contribution >= 4 is 23.4 Å². The largest absolute Gasteiger partial charge is 0.478 e. The van der Waals surface area contributed by atoms with Crippen molar-refractivity contribution in [2.45, 2.75) is 6.10 Å². The second kappa shape index (κ2) is 4.27. The summed E-state index contributed by atoms with van der Waals surface area (Å²) in [6.07, 6.45) is 0.189. The molecule has 1 fully saturated rings. The Morgan fingerprint density at radius 1 is 1.62 bits per heavy atom. The number of carboxylic acids is 1. The van der Waals surface area contributed by atoms with Crippen molar-refractivity contribution < 1.29 is 14.6 Å². The molecule has 1 N–H and O–H groups in total. The summed E-state index contributed by atoms with van der Waals surface area (Å²) >= 11 is 5.76. The van der Waals surface area contributed by atoms with Crippen LogP contribution in [-0.4, -0.2) is 42.4 Å². The molecular formula is C10H11ClN2O3. The highest BCUT2D eigenvalue weighted by Gasteiger charge is 2.28. The molecule has 0 amide bonds. The van der Waals surface area contributed by atoms with Crippen molar-refractivity contribution in [2.75, 3.05) is 25.1 Å². The summed E-state index contributed by atoms with van der Waals surface area (Å²) in [6.45, 7) is 1.42. The molecule has 1 aliphatic heterocycles. The van der Waals surface area contributed by atoms with E-state index >= 15 is 0 Å². The second-order valence-electron chi connectivity index (χ2n) is 3.60. The van der Waals surface area contributed by atoms with Gasteiger partial charge in [0.25, 0.3) is 0 Å². The lowest BCUT2D eigenvalue weighted by atomic mass is 10.1. The van der Waals surface area contributed by atoms with Gasteiger partial charge < -0.3 is 14.7 Å². The van der Waals surface area contributed by atoms with Gasteiger partial charge in [-0.25, -0.2) is 9.78 Å². The van der Waals surface area contributed by atoms with E-state index in [1.165, 1.54) is 12.1 Å². The fourth-order valence-electron chi connectivity index (χ4n) is 1.54. The first-order valence-electron chi connectivity index (χ1n) is 4.79. The van der Waals surface area contributed by atoms with Crippen molar-refractivity contribution in [3.63, 3.8) is 0 Å². The van der Waals surface area contributed by atoms with Crippen LogP contribution in [0.15, 0.2) is 12.1 Å². The fraction of sp³-hybridized carbons (Fsp3) is 0.400. The molecule has 5 nitrogen and oxygen atoms in total. The van der Waals surface area contributed by atoms with Crippen LogP contribution in [0, 0.1) is 0 Å². The lowest BCUT2D eigenvalue weighted by molar-refractivity contribution is 0.0696. The molecule has 1 aromatic rings. The van der Waals surface area contributed by atoms with Crippen LogP contribution < -0.4 is 4.90 Å². The van der Waals surface area contributed by atoms with Crippen molar-refractivity contribution in [1.82, 2.24) is 4.98 Å². The number of anilines is 1. The van der Waals surface area contributed by atoms with E-state index in [-0.39, 0.29) is 16.8 Å². The summed E-state index contributed by atoms with van der Waals surface area (Å²) in [7, 11) is 1.65. The molecule has 2 rings (SSSR count). The quantitative estimate of drug-likeness (QED) is 0.809. The lowest BCUT2D eigenvalue weighted by Crippen LogP contribution is -2.52. The minimum Gasteiger partial charge on any atom is -0.478 e. The van der Waals surface area contributed by atoms with Crippen LogP contribution in [0.4, 0.5) is 5.82 Å². The van der Waals surface area contributed by atoms with Gasteiger partial charge in [-0.2, -0.15) is 0 Å². The highest BCUT2D eigenvalue weighted by Crippen LogP contribution is 2.23. The molecule has 2 heterocycles. The van der Waals surface area contributed by atoms with Gasteiger partial charge in [-0.15, -0.1) is 0 Å². The first-order chi connectivity index (χ1) is 7.60. The predicted octanol–water partition coefficient (Wildman–Crippen LogP) is 1.27. The van der Waals surface area contributed by atoms with Crippen LogP contribution in [0.3, 0.4) is 0 Å². The van der Waals surface area contributed by atoms with Gasteiger partial charge in [0.2, 0.25) is 0 Å². The van der Waals surface area contributed by atoms with Crippen LogP contribution in [0.5, 0.6) is 0 Å². The number of methoxy groups -OCH3 is 1. The summed E-state index contributed by atoms with van der Waals surface area (Å²) < 4.78 is 5.13. The first kappa shape index (κ1) is 11.2. The van der Waals surface area contributed by atoms with Gasteiger partial charge >= 0.3 is 5.97 Å². The Bertz CT molecular complexity index is 419. The zero-order valence-corrected chi connectivity index (χ0v) is 9.44. The number of ether oxygens (including phenoxy) is 1. The maximum absolute atomic E-state index is 10.8. The van der Waals surface area contributed by atoms with Crippen molar-refractivity contribution in [3.05, 3.63) is 22.8 Å².